The average Bonchev–Trinajstić information content (AvgIpc) is 2.73. The molecule has 0 aromatic heterocycles. The Morgan fingerprint density at radius 1 is 1.20 bits per heavy atom. The number of hydrogen-bond acceptors (Lipinski definition) is 3. The Morgan fingerprint density at radius 2 is 1.96 bits per heavy atom. The van der Waals surface area contributed by atoms with Crippen LogP contribution < -0.4 is 11.1 Å². The number of benzene rings is 2. The standard InChI is InChI=1S/C19H19ClN4O/c1-11-8-14(5-7-17(11)21)18-16-10-15(20)6-4-13(16)9-12(2)24(23-18)19(25)22-3/h4-10H,21H2,1-3H3,(H,22,25). The number of nitrogens with zero attached hydrogens (tertiary/aromatic N) is 2. The minimum atomic E-state index is -0.308. The molecule has 0 atom stereocenters. The van der Waals surface area contributed by atoms with Gasteiger partial charge >= 0.3 is 6.03 Å². The molecule has 0 fully saturated rings. The molecule has 128 valence electrons. The minimum absolute atomic E-state index is 0.308. The number of nitrogen functional groups attached to an aromatic ring is 1. The number of carbonyl (C=O) groups is 1. The van der Waals surface area contributed by atoms with E-state index >= 15 is 0 Å². The van der Waals surface area contributed by atoms with Gasteiger partial charge in [-0.15, -0.1) is 0 Å². The number of fused-ring (bicyclic) bond motifs is 1. The van der Waals surface area contributed by atoms with Crippen molar-refractivity contribution in [1.29, 1.82) is 0 Å². The van der Waals surface area contributed by atoms with E-state index in [-0.39, 0.29) is 6.03 Å². The lowest BCUT2D eigenvalue weighted by atomic mass is 9.96. The third-order valence-corrected chi connectivity index (χ3v) is 4.35. The highest BCUT2D eigenvalue weighted by atomic mass is 35.5. The lowest BCUT2D eigenvalue weighted by Gasteiger charge is -2.17. The topological polar surface area (TPSA) is 70.7 Å². The van der Waals surface area contributed by atoms with Gasteiger partial charge in [-0.25, -0.2) is 4.79 Å². The predicted octanol–water partition coefficient (Wildman–Crippen LogP) is 4.00. The number of nitrogens with two attached hydrogens (primary N) is 1. The summed E-state index contributed by atoms with van der Waals surface area (Å²) in [5, 5.41) is 9.20. The first kappa shape index (κ1) is 17.0. The molecule has 2 aromatic carbocycles. The second kappa shape index (κ2) is 6.61. The van der Waals surface area contributed by atoms with Crippen LogP contribution in [0.4, 0.5) is 10.5 Å². The van der Waals surface area contributed by atoms with Gasteiger partial charge in [-0.05, 0) is 55.3 Å². The first-order valence-corrected chi connectivity index (χ1v) is 8.23. The van der Waals surface area contributed by atoms with Crippen molar-refractivity contribution in [2.24, 2.45) is 5.10 Å². The van der Waals surface area contributed by atoms with E-state index in [9.17, 15) is 4.79 Å². The molecule has 6 heteroatoms. The number of hydrazone groups is 1. The molecule has 0 bridgehead atoms. The fourth-order valence-corrected chi connectivity index (χ4v) is 2.90. The van der Waals surface area contributed by atoms with Gasteiger partial charge in [0, 0.05) is 34.6 Å². The maximum absolute atomic E-state index is 12.3. The van der Waals surface area contributed by atoms with Gasteiger partial charge in [0.25, 0.3) is 0 Å². The van der Waals surface area contributed by atoms with Crippen molar-refractivity contribution in [2.45, 2.75) is 13.8 Å². The molecule has 0 aliphatic carbocycles. The zero-order chi connectivity index (χ0) is 18.1. The SMILES string of the molecule is CNC(=O)N1N=C(c2ccc(N)c(C)c2)c2cc(Cl)ccc2C=C1C. The lowest BCUT2D eigenvalue weighted by Crippen LogP contribution is -2.33. The van der Waals surface area contributed by atoms with Crippen LogP contribution in [-0.2, 0) is 0 Å². The van der Waals surface area contributed by atoms with Gasteiger partial charge in [-0.2, -0.15) is 10.1 Å². The Balaban J connectivity index is 2.27. The van der Waals surface area contributed by atoms with Crippen LogP contribution in [0.15, 0.2) is 47.2 Å². The van der Waals surface area contributed by atoms with Crippen molar-refractivity contribution in [2.75, 3.05) is 12.8 Å². The summed E-state index contributed by atoms with van der Waals surface area (Å²) in [6, 6.07) is 11.0. The van der Waals surface area contributed by atoms with E-state index in [0.29, 0.717) is 22.1 Å². The zero-order valence-corrected chi connectivity index (χ0v) is 15.1. The van der Waals surface area contributed by atoms with Gasteiger partial charge in [0.2, 0.25) is 0 Å². The van der Waals surface area contributed by atoms with Crippen LogP contribution in [0.5, 0.6) is 0 Å². The Kier molecular flexibility index (Phi) is 4.51. The summed E-state index contributed by atoms with van der Waals surface area (Å²) in [7, 11) is 1.58. The van der Waals surface area contributed by atoms with Crippen LogP contribution in [-0.4, -0.2) is 23.8 Å². The molecule has 25 heavy (non-hydrogen) atoms. The second-order valence-corrected chi connectivity index (χ2v) is 6.34. The fourth-order valence-electron chi connectivity index (χ4n) is 2.73. The highest BCUT2D eigenvalue weighted by molar-refractivity contribution is 6.31. The lowest BCUT2D eigenvalue weighted by molar-refractivity contribution is 0.215. The number of halogens is 1. The van der Waals surface area contributed by atoms with E-state index in [1.807, 2.05) is 56.3 Å². The van der Waals surface area contributed by atoms with E-state index in [4.69, 9.17) is 17.3 Å². The number of allylic oxidation sites excluding steroid dienone is 1. The molecule has 1 aliphatic rings. The Hall–Kier alpha value is -2.79. The molecule has 0 radical (unpaired) electrons. The average molecular weight is 355 g/mol. The van der Waals surface area contributed by atoms with Crippen molar-refractivity contribution >= 4 is 35.1 Å². The van der Waals surface area contributed by atoms with Crippen LogP contribution in [0, 0.1) is 6.92 Å². The number of amides is 2. The fraction of sp³-hybridized carbons (Fsp3) is 0.158. The first-order chi connectivity index (χ1) is 11.9. The highest BCUT2D eigenvalue weighted by Crippen LogP contribution is 2.28. The van der Waals surface area contributed by atoms with Crippen molar-refractivity contribution in [3.63, 3.8) is 0 Å². The van der Waals surface area contributed by atoms with Crippen LogP contribution in [0.2, 0.25) is 5.02 Å². The third kappa shape index (κ3) is 3.23. The quantitative estimate of drug-likeness (QED) is 0.760. The number of anilines is 1. The Morgan fingerprint density at radius 3 is 2.64 bits per heavy atom. The second-order valence-electron chi connectivity index (χ2n) is 5.90. The Labute approximate surface area is 151 Å². The van der Waals surface area contributed by atoms with E-state index < -0.39 is 0 Å². The number of aryl methyl sites for hydroxylation is 1. The van der Waals surface area contributed by atoms with Crippen LogP contribution in [0.1, 0.15) is 29.2 Å². The van der Waals surface area contributed by atoms with Crippen molar-refractivity contribution in [3.8, 4) is 0 Å². The van der Waals surface area contributed by atoms with E-state index in [1.54, 1.807) is 7.05 Å². The monoisotopic (exact) mass is 354 g/mol. The van der Waals surface area contributed by atoms with E-state index in [0.717, 1.165) is 22.3 Å². The van der Waals surface area contributed by atoms with Crippen molar-refractivity contribution in [1.82, 2.24) is 10.3 Å². The van der Waals surface area contributed by atoms with E-state index in [1.165, 1.54) is 5.01 Å². The van der Waals surface area contributed by atoms with E-state index in [2.05, 4.69) is 10.4 Å². The normalized spacial score (nSPS) is 13.5. The summed E-state index contributed by atoms with van der Waals surface area (Å²) in [6.45, 7) is 3.78. The molecule has 0 unspecified atom stereocenters. The summed E-state index contributed by atoms with van der Waals surface area (Å²) >= 11 is 6.21. The molecule has 1 heterocycles. The molecular formula is C19H19ClN4O. The first-order valence-electron chi connectivity index (χ1n) is 7.86. The molecule has 3 N–H and O–H groups in total. The third-order valence-electron chi connectivity index (χ3n) is 4.12. The molecule has 5 nitrogen and oxygen atoms in total. The smallest absolute Gasteiger partial charge is 0.342 e. The minimum Gasteiger partial charge on any atom is -0.399 e. The van der Waals surface area contributed by atoms with Gasteiger partial charge in [-0.1, -0.05) is 23.7 Å². The van der Waals surface area contributed by atoms with Gasteiger partial charge in [0.15, 0.2) is 0 Å². The van der Waals surface area contributed by atoms with Gasteiger partial charge < -0.3 is 11.1 Å². The van der Waals surface area contributed by atoms with Gasteiger partial charge in [-0.3, -0.25) is 0 Å². The summed E-state index contributed by atoms with van der Waals surface area (Å²) < 4.78 is 0. The number of carbonyl (C=O) groups excluding carboxylic acids is 1. The molecule has 2 amide bonds. The van der Waals surface area contributed by atoms with Crippen LogP contribution in [0.25, 0.3) is 6.08 Å². The largest absolute Gasteiger partial charge is 0.399 e. The number of nitrogens with one attached hydrogen (secondary N) is 1. The maximum atomic E-state index is 12.3. The number of rotatable bonds is 1. The maximum Gasteiger partial charge on any atom is 0.342 e. The highest BCUT2D eigenvalue weighted by Gasteiger charge is 2.22. The molecule has 2 aromatic rings. The van der Waals surface area contributed by atoms with Gasteiger partial charge in [0.05, 0.1) is 5.71 Å². The summed E-state index contributed by atoms with van der Waals surface area (Å²) in [5.41, 5.74) is 11.7. The predicted molar refractivity (Wildman–Crippen MR) is 103 cm³/mol. The molecule has 0 saturated carbocycles. The molecule has 0 saturated heterocycles. The summed E-state index contributed by atoms with van der Waals surface area (Å²) in [4.78, 5) is 12.3. The van der Waals surface area contributed by atoms with Crippen LogP contribution >= 0.6 is 11.6 Å². The van der Waals surface area contributed by atoms with Crippen LogP contribution in [0.3, 0.4) is 0 Å². The van der Waals surface area contributed by atoms with Crippen molar-refractivity contribution in [3.05, 3.63) is 69.4 Å². The summed E-state index contributed by atoms with van der Waals surface area (Å²) in [6.07, 6.45) is 1.92. The van der Waals surface area contributed by atoms with Crippen molar-refractivity contribution < 1.29 is 4.79 Å². The number of hydrogen-bond donors (Lipinski definition) is 2. The zero-order valence-electron chi connectivity index (χ0n) is 14.3. The Bertz CT molecular complexity index is 918. The molecular weight excluding hydrogens is 336 g/mol. The molecule has 3 rings (SSSR count). The van der Waals surface area contributed by atoms with Gasteiger partial charge in [0.1, 0.15) is 0 Å². The number of urea groups is 1. The molecule has 0 spiro atoms. The summed E-state index contributed by atoms with van der Waals surface area (Å²) in [5.74, 6) is 0. The molecule has 1 aliphatic heterocycles.